The molecule has 124 valence electrons. The lowest BCUT2D eigenvalue weighted by molar-refractivity contribution is 0.200. The van der Waals surface area contributed by atoms with Crippen molar-refractivity contribution < 1.29 is 5.11 Å². The fourth-order valence-electron chi connectivity index (χ4n) is 3.49. The molecule has 1 aliphatic carbocycles. The molecule has 1 aliphatic heterocycles. The van der Waals surface area contributed by atoms with Crippen LogP contribution in [0.1, 0.15) is 53.1 Å². The quantitative estimate of drug-likeness (QED) is 0.883. The summed E-state index contributed by atoms with van der Waals surface area (Å²) in [4.78, 5) is 8.55. The Balaban J connectivity index is 1.32. The lowest BCUT2D eigenvalue weighted by Crippen LogP contribution is -2.33. The van der Waals surface area contributed by atoms with Crippen LogP contribution in [0.3, 0.4) is 0 Å². The SMILES string of the molecule is OCCn1nccc1C1CCN(Cc2cnc(C3CC3)s2)CC1. The molecule has 3 heterocycles. The summed E-state index contributed by atoms with van der Waals surface area (Å²) >= 11 is 1.91. The molecular weight excluding hydrogens is 308 g/mol. The monoisotopic (exact) mass is 332 g/mol. The molecule has 2 fully saturated rings. The summed E-state index contributed by atoms with van der Waals surface area (Å²) < 4.78 is 1.96. The highest BCUT2D eigenvalue weighted by Gasteiger charge is 2.27. The van der Waals surface area contributed by atoms with Gasteiger partial charge in [-0.25, -0.2) is 4.98 Å². The highest BCUT2D eigenvalue weighted by molar-refractivity contribution is 7.11. The smallest absolute Gasteiger partial charge is 0.0959 e. The van der Waals surface area contributed by atoms with E-state index in [0.29, 0.717) is 12.5 Å². The van der Waals surface area contributed by atoms with E-state index >= 15 is 0 Å². The highest BCUT2D eigenvalue weighted by Crippen LogP contribution is 2.42. The Hall–Kier alpha value is -1.24. The topological polar surface area (TPSA) is 54.2 Å². The van der Waals surface area contributed by atoms with Crippen molar-refractivity contribution in [3.63, 3.8) is 0 Å². The second kappa shape index (κ2) is 6.71. The van der Waals surface area contributed by atoms with Crippen molar-refractivity contribution in [2.75, 3.05) is 19.7 Å². The Labute approximate surface area is 141 Å². The zero-order valence-electron chi connectivity index (χ0n) is 13.4. The van der Waals surface area contributed by atoms with Gasteiger partial charge in [0.15, 0.2) is 0 Å². The Morgan fingerprint density at radius 2 is 2.00 bits per heavy atom. The summed E-state index contributed by atoms with van der Waals surface area (Å²) in [5.41, 5.74) is 1.28. The predicted octanol–water partition coefficient (Wildman–Crippen LogP) is 2.59. The normalized spacial score (nSPS) is 20.2. The van der Waals surface area contributed by atoms with Crippen LogP contribution in [0.15, 0.2) is 18.5 Å². The lowest BCUT2D eigenvalue weighted by Gasteiger charge is -2.31. The third kappa shape index (κ3) is 3.49. The Kier molecular flexibility index (Phi) is 4.46. The standard InChI is InChI=1S/C17H24N4OS/c22-10-9-21-16(3-6-19-21)13-4-7-20(8-5-13)12-15-11-18-17(23-15)14-1-2-14/h3,6,11,13-14,22H,1-2,4-5,7-10,12H2. The molecule has 0 spiro atoms. The minimum absolute atomic E-state index is 0.155. The van der Waals surface area contributed by atoms with Gasteiger partial charge in [-0.15, -0.1) is 11.3 Å². The average molecular weight is 332 g/mol. The summed E-state index contributed by atoms with van der Waals surface area (Å²) in [7, 11) is 0. The molecule has 0 atom stereocenters. The van der Waals surface area contributed by atoms with E-state index in [0.717, 1.165) is 25.6 Å². The fraction of sp³-hybridized carbons (Fsp3) is 0.647. The molecule has 2 aliphatic rings. The molecule has 0 bridgehead atoms. The van der Waals surface area contributed by atoms with Crippen LogP contribution < -0.4 is 0 Å². The van der Waals surface area contributed by atoms with E-state index in [1.165, 1.54) is 41.3 Å². The Bertz CT molecular complexity index is 641. The van der Waals surface area contributed by atoms with Crippen LogP contribution in [0.5, 0.6) is 0 Å². The third-order valence-corrected chi connectivity index (χ3v) is 6.09. The van der Waals surface area contributed by atoms with Gasteiger partial charge in [0.1, 0.15) is 0 Å². The van der Waals surface area contributed by atoms with E-state index in [-0.39, 0.29) is 6.61 Å². The summed E-state index contributed by atoms with van der Waals surface area (Å²) in [5.74, 6) is 1.34. The molecule has 6 heteroatoms. The maximum atomic E-state index is 9.14. The van der Waals surface area contributed by atoms with E-state index in [1.807, 2.05) is 22.2 Å². The number of thiazole rings is 1. The number of likely N-dealkylation sites (tertiary alicyclic amines) is 1. The van der Waals surface area contributed by atoms with Crippen LogP contribution in [-0.2, 0) is 13.1 Å². The van der Waals surface area contributed by atoms with Crippen molar-refractivity contribution in [2.24, 2.45) is 0 Å². The number of aromatic nitrogens is 3. The molecule has 1 saturated heterocycles. The second-order valence-electron chi connectivity index (χ2n) is 6.69. The number of aliphatic hydroxyl groups excluding tert-OH is 1. The van der Waals surface area contributed by atoms with E-state index in [9.17, 15) is 0 Å². The van der Waals surface area contributed by atoms with E-state index in [2.05, 4.69) is 27.2 Å². The van der Waals surface area contributed by atoms with Gasteiger partial charge in [0, 0.05) is 41.3 Å². The summed E-state index contributed by atoms with van der Waals surface area (Å²) in [5, 5.41) is 14.8. The molecule has 23 heavy (non-hydrogen) atoms. The number of hydrogen-bond donors (Lipinski definition) is 1. The predicted molar refractivity (Wildman–Crippen MR) is 90.7 cm³/mol. The van der Waals surface area contributed by atoms with Crippen LogP contribution >= 0.6 is 11.3 Å². The van der Waals surface area contributed by atoms with Gasteiger partial charge >= 0.3 is 0 Å². The molecule has 4 rings (SSSR count). The maximum absolute atomic E-state index is 9.14. The van der Waals surface area contributed by atoms with E-state index in [4.69, 9.17) is 5.11 Å². The van der Waals surface area contributed by atoms with Crippen molar-refractivity contribution in [3.8, 4) is 0 Å². The number of hydrogen-bond acceptors (Lipinski definition) is 5. The first kappa shape index (κ1) is 15.3. The molecule has 2 aromatic rings. The lowest BCUT2D eigenvalue weighted by atomic mass is 9.93. The highest BCUT2D eigenvalue weighted by atomic mass is 32.1. The van der Waals surface area contributed by atoms with E-state index < -0.39 is 0 Å². The Morgan fingerprint density at radius 3 is 2.74 bits per heavy atom. The largest absolute Gasteiger partial charge is 0.394 e. The van der Waals surface area contributed by atoms with Gasteiger partial charge in [0.05, 0.1) is 18.2 Å². The van der Waals surface area contributed by atoms with Crippen LogP contribution in [0.25, 0.3) is 0 Å². The zero-order chi connectivity index (χ0) is 15.6. The van der Waals surface area contributed by atoms with Crippen molar-refractivity contribution in [3.05, 3.63) is 34.0 Å². The number of nitrogens with zero attached hydrogens (tertiary/aromatic N) is 4. The first-order valence-corrected chi connectivity index (χ1v) is 9.44. The van der Waals surface area contributed by atoms with Crippen molar-refractivity contribution in [1.29, 1.82) is 0 Å². The molecule has 1 saturated carbocycles. The van der Waals surface area contributed by atoms with Crippen LogP contribution in [-0.4, -0.2) is 44.5 Å². The van der Waals surface area contributed by atoms with Crippen molar-refractivity contribution >= 4 is 11.3 Å². The van der Waals surface area contributed by atoms with Gasteiger partial charge in [0.25, 0.3) is 0 Å². The molecule has 0 amide bonds. The van der Waals surface area contributed by atoms with Crippen molar-refractivity contribution in [2.45, 2.75) is 50.6 Å². The fourth-order valence-corrected chi connectivity index (χ4v) is 4.62. The van der Waals surface area contributed by atoms with Crippen LogP contribution in [0.2, 0.25) is 0 Å². The maximum Gasteiger partial charge on any atom is 0.0959 e. The molecule has 0 aromatic carbocycles. The zero-order valence-corrected chi connectivity index (χ0v) is 14.2. The molecule has 5 nitrogen and oxygen atoms in total. The van der Waals surface area contributed by atoms with E-state index in [1.54, 1.807) is 0 Å². The number of rotatable bonds is 6. The summed E-state index contributed by atoms with van der Waals surface area (Å²) in [6.45, 7) is 4.07. The van der Waals surface area contributed by atoms with Crippen LogP contribution in [0, 0.1) is 0 Å². The van der Waals surface area contributed by atoms with Gasteiger partial charge in [0.2, 0.25) is 0 Å². The molecule has 0 unspecified atom stereocenters. The van der Waals surface area contributed by atoms with Gasteiger partial charge in [-0.05, 0) is 44.8 Å². The number of aliphatic hydroxyl groups is 1. The summed E-state index contributed by atoms with van der Waals surface area (Å²) in [6.07, 6.45) is 8.95. The van der Waals surface area contributed by atoms with Crippen molar-refractivity contribution in [1.82, 2.24) is 19.7 Å². The number of piperidine rings is 1. The minimum atomic E-state index is 0.155. The molecule has 0 radical (unpaired) electrons. The Morgan fingerprint density at radius 1 is 1.17 bits per heavy atom. The van der Waals surface area contributed by atoms with Gasteiger partial charge < -0.3 is 5.11 Å². The second-order valence-corrected chi connectivity index (χ2v) is 7.84. The minimum Gasteiger partial charge on any atom is -0.394 e. The third-order valence-electron chi connectivity index (χ3n) is 4.94. The molecular formula is C17H24N4OS. The van der Waals surface area contributed by atoms with Crippen LogP contribution in [0.4, 0.5) is 0 Å². The molecule has 2 aromatic heterocycles. The average Bonchev–Trinajstić information content (AvgIpc) is 3.14. The van der Waals surface area contributed by atoms with Gasteiger partial charge in [-0.3, -0.25) is 9.58 Å². The first-order chi connectivity index (χ1) is 11.3. The first-order valence-electron chi connectivity index (χ1n) is 8.63. The summed E-state index contributed by atoms with van der Waals surface area (Å²) in [6, 6.07) is 2.11. The molecule has 1 N–H and O–H groups in total. The van der Waals surface area contributed by atoms with Gasteiger partial charge in [-0.2, -0.15) is 5.10 Å². The van der Waals surface area contributed by atoms with Gasteiger partial charge in [-0.1, -0.05) is 0 Å².